The molecule has 3 unspecified atom stereocenters. The topological polar surface area (TPSA) is 76.4 Å². The second kappa shape index (κ2) is 5.42. The maximum atomic E-state index is 13.1. The molecule has 0 bridgehead atoms. The quantitative estimate of drug-likeness (QED) is 0.832. The molecule has 0 aromatic heterocycles. The molecule has 5 nitrogen and oxygen atoms in total. The molecule has 3 atom stereocenters. The summed E-state index contributed by atoms with van der Waals surface area (Å²) >= 11 is 0. The molecule has 1 saturated heterocycles. The molecule has 1 aromatic rings. The molecule has 2 amide bonds. The van der Waals surface area contributed by atoms with E-state index in [9.17, 15) is 23.1 Å². The van der Waals surface area contributed by atoms with Crippen molar-refractivity contribution in [1.82, 2.24) is 5.32 Å². The number of aliphatic hydroxyl groups excluding tert-OH is 1. The van der Waals surface area contributed by atoms with Crippen LogP contribution in [0.5, 0.6) is 0 Å². The Hall–Kier alpha value is -2.27. The fourth-order valence-electron chi connectivity index (χ4n) is 3.30. The number of nitrogens with one attached hydrogen (secondary N) is 1. The van der Waals surface area contributed by atoms with Gasteiger partial charge in [0.1, 0.15) is 0 Å². The predicted octanol–water partition coefficient (Wildman–Crippen LogP) is 2.39. The number of carbonyl (C=O) groups excluding carboxylic acids is 1. The fourth-order valence-corrected chi connectivity index (χ4v) is 3.30. The normalized spacial score (nSPS) is 27.3. The van der Waals surface area contributed by atoms with Crippen LogP contribution in [-0.4, -0.2) is 29.3 Å². The van der Waals surface area contributed by atoms with E-state index < -0.39 is 29.4 Å². The van der Waals surface area contributed by atoms with Crippen LogP contribution in [0.15, 0.2) is 18.2 Å². The van der Waals surface area contributed by atoms with Crippen LogP contribution in [0.4, 0.5) is 23.7 Å². The molecule has 1 aliphatic heterocycles. The zero-order valence-electron chi connectivity index (χ0n) is 12.0. The molecule has 8 heteroatoms. The Balaban J connectivity index is 1.99. The molecule has 1 saturated carbocycles. The highest BCUT2D eigenvalue weighted by atomic mass is 19.4. The second-order valence-electron chi connectivity index (χ2n) is 5.80. The number of alkyl halides is 3. The Morgan fingerprint density at radius 1 is 1.35 bits per heavy atom. The summed E-state index contributed by atoms with van der Waals surface area (Å²) in [6.07, 6.45) is -3.79. The van der Waals surface area contributed by atoms with Crippen molar-refractivity contribution in [3.8, 4) is 6.07 Å². The van der Waals surface area contributed by atoms with Gasteiger partial charge in [-0.25, -0.2) is 4.79 Å². The van der Waals surface area contributed by atoms with Crippen LogP contribution >= 0.6 is 0 Å². The Kier molecular flexibility index (Phi) is 3.68. The fraction of sp³-hybridized carbons (Fsp3) is 0.467. The van der Waals surface area contributed by atoms with Gasteiger partial charge in [-0.3, -0.25) is 4.90 Å². The number of aliphatic hydroxyl groups is 1. The minimum Gasteiger partial charge on any atom is -0.393 e. The number of nitrogens with zero attached hydrogens (tertiary/aromatic N) is 2. The van der Waals surface area contributed by atoms with Gasteiger partial charge in [0.15, 0.2) is 0 Å². The van der Waals surface area contributed by atoms with E-state index in [2.05, 4.69) is 5.32 Å². The smallest absolute Gasteiger partial charge is 0.393 e. The van der Waals surface area contributed by atoms with Crippen molar-refractivity contribution < 1.29 is 23.1 Å². The zero-order chi connectivity index (χ0) is 16.8. The number of benzene rings is 1. The van der Waals surface area contributed by atoms with Crippen molar-refractivity contribution in [3.05, 3.63) is 29.3 Å². The second-order valence-corrected chi connectivity index (χ2v) is 5.80. The SMILES string of the molecule is N#Cc1ccc(N2C(=O)NC3CC(O)CCC32)cc1C(F)(F)F. The van der Waals surface area contributed by atoms with Gasteiger partial charge in [0.25, 0.3) is 0 Å². The number of nitriles is 1. The third-order valence-electron chi connectivity index (χ3n) is 4.35. The molecule has 1 aromatic carbocycles. The summed E-state index contributed by atoms with van der Waals surface area (Å²) in [5.74, 6) is 0. The average Bonchev–Trinajstić information content (AvgIpc) is 2.80. The van der Waals surface area contributed by atoms with Crippen molar-refractivity contribution in [1.29, 1.82) is 5.26 Å². The van der Waals surface area contributed by atoms with Crippen LogP contribution in [0, 0.1) is 11.3 Å². The molecule has 1 aliphatic carbocycles. The van der Waals surface area contributed by atoms with Gasteiger partial charge in [-0.2, -0.15) is 18.4 Å². The molecule has 0 spiro atoms. The third-order valence-corrected chi connectivity index (χ3v) is 4.35. The number of hydrogen-bond acceptors (Lipinski definition) is 3. The van der Waals surface area contributed by atoms with E-state index in [0.29, 0.717) is 19.3 Å². The molecule has 2 aliphatic rings. The van der Waals surface area contributed by atoms with E-state index in [1.54, 1.807) is 0 Å². The molecular weight excluding hydrogens is 311 g/mol. The molecule has 3 rings (SSSR count). The van der Waals surface area contributed by atoms with Crippen molar-refractivity contribution in [2.24, 2.45) is 0 Å². The van der Waals surface area contributed by atoms with E-state index >= 15 is 0 Å². The van der Waals surface area contributed by atoms with Gasteiger partial charge in [-0.1, -0.05) is 0 Å². The Morgan fingerprint density at radius 3 is 2.74 bits per heavy atom. The first-order chi connectivity index (χ1) is 10.8. The summed E-state index contributed by atoms with van der Waals surface area (Å²) < 4.78 is 39.2. The first kappa shape index (κ1) is 15.6. The molecule has 1 heterocycles. The molecule has 2 N–H and O–H groups in total. The standard InChI is InChI=1S/C15H14F3N3O2/c16-15(17,18)11-5-9(2-1-8(11)7-19)21-13-4-3-10(22)6-12(13)20-14(21)23/h1-2,5,10,12-13,22H,3-4,6H2,(H,20,23). The number of urea groups is 1. The van der Waals surface area contributed by atoms with Crippen molar-refractivity contribution >= 4 is 11.7 Å². The number of anilines is 1. The number of hydrogen-bond donors (Lipinski definition) is 2. The van der Waals surface area contributed by atoms with E-state index in [-0.39, 0.29) is 17.8 Å². The largest absolute Gasteiger partial charge is 0.417 e. The van der Waals surface area contributed by atoms with E-state index in [0.717, 1.165) is 12.1 Å². The number of carbonyl (C=O) groups is 1. The van der Waals surface area contributed by atoms with Crippen molar-refractivity contribution in [2.75, 3.05) is 4.90 Å². The van der Waals surface area contributed by atoms with E-state index in [1.807, 2.05) is 0 Å². The highest BCUT2D eigenvalue weighted by Crippen LogP contribution is 2.37. The van der Waals surface area contributed by atoms with E-state index in [1.165, 1.54) is 17.0 Å². The average molecular weight is 325 g/mol. The summed E-state index contributed by atoms with van der Waals surface area (Å²) in [7, 11) is 0. The highest BCUT2D eigenvalue weighted by Gasteiger charge is 2.44. The van der Waals surface area contributed by atoms with Gasteiger partial charge in [-0.05, 0) is 37.5 Å². The maximum absolute atomic E-state index is 13.1. The lowest BCUT2D eigenvalue weighted by Crippen LogP contribution is -2.43. The summed E-state index contributed by atoms with van der Waals surface area (Å²) in [6.45, 7) is 0. The number of amides is 2. The van der Waals surface area contributed by atoms with Crippen LogP contribution in [0.3, 0.4) is 0 Å². The van der Waals surface area contributed by atoms with Crippen molar-refractivity contribution in [2.45, 2.75) is 43.6 Å². The third kappa shape index (κ3) is 2.72. The Bertz CT molecular complexity index is 684. The summed E-state index contributed by atoms with van der Waals surface area (Å²) in [5.41, 5.74) is -1.42. The Morgan fingerprint density at radius 2 is 2.09 bits per heavy atom. The van der Waals surface area contributed by atoms with Gasteiger partial charge < -0.3 is 10.4 Å². The van der Waals surface area contributed by atoms with Gasteiger partial charge in [0.2, 0.25) is 0 Å². The lowest BCUT2D eigenvalue weighted by atomic mass is 9.88. The minimum absolute atomic E-state index is 0.109. The lowest BCUT2D eigenvalue weighted by Gasteiger charge is -2.32. The van der Waals surface area contributed by atoms with Crippen LogP contribution < -0.4 is 10.2 Å². The lowest BCUT2D eigenvalue weighted by molar-refractivity contribution is -0.137. The van der Waals surface area contributed by atoms with Crippen LogP contribution in [0.1, 0.15) is 30.4 Å². The number of fused-ring (bicyclic) bond motifs is 1. The number of rotatable bonds is 1. The van der Waals surface area contributed by atoms with Gasteiger partial charge in [-0.15, -0.1) is 0 Å². The van der Waals surface area contributed by atoms with Crippen LogP contribution in [0.2, 0.25) is 0 Å². The predicted molar refractivity (Wildman–Crippen MR) is 74.6 cm³/mol. The first-order valence-electron chi connectivity index (χ1n) is 7.20. The van der Waals surface area contributed by atoms with Crippen LogP contribution in [0.25, 0.3) is 0 Å². The van der Waals surface area contributed by atoms with Gasteiger partial charge in [0.05, 0.1) is 35.4 Å². The zero-order valence-corrected chi connectivity index (χ0v) is 12.0. The summed E-state index contributed by atoms with van der Waals surface area (Å²) in [4.78, 5) is 13.4. The summed E-state index contributed by atoms with van der Waals surface area (Å²) in [5, 5.41) is 21.2. The molecule has 122 valence electrons. The molecule has 2 fully saturated rings. The molecular formula is C15H14F3N3O2. The molecule has 23 heavy (non-hydrogen) atoms. The maximum Gasteiger partial charge on any atom is 0.417 e. The summed E-state index contributed by atoms with van der Waals surface area (Å²) in [6, 6.07) is 3.74. The highest BCUT2D eigenvalue weighted by molar-refractivity contribution is 5.95. The van der Waals surface area contributed by atoms with Gasteiger partial charge in [0, 0.05) is 5.69 Å². The van der Waals surface area contributed by atoms with Crippen molar-refractivity contribution in [3.63, 3.8) is 0 Å². The van der Waals surface area contributed by atoms with E-state index in [4.69, 9.17) is 5.26 Å². The minimum atomic E-state index is -4.67. The first-order valence-corrected chi connectivity index (χ1v) is 7.20. The Labute approximate surface area is 130 Å². The molecule has 0 radical (unpaired) electrons. The van der Waals surface area contributed by atoms with Crippen LogP contribution in [-0.2, 0) is 6.18 Å². The monoisotopic (exact) mass is 325 g/mol. The van der Waals surface area contributed by atoms with Gasteiger partial charge >= 0.3 is 12.2 Å². The number of halogens is 3.